The first kappa shape index (κ1) is 17.4. The molecule has 0 radical (unpaired) electrons. The summed E-state index contributed by atoms with van der Waals surface area (Å²) in [5, 5.41) is 0. The Labute approximate surface area is 115 Å². The second kappa shape index (κ2) is 11.5. The van der Waals surface area contributed by atoms with E-state index in [-0.39, 0.29) is 13.2 Å². The molecule has 4 heteroatoms. The van der Waals surface area contributed by atoms with E-state index in [1.165, 1.54) is 12.2 Å². The highest BCUT2D eigenvalue weighted by Crippen LogP contribution is 2.15. The molecule has 0 amide bonds. The Kier molecular flexibility index (Phi) is 10.6. The van der Waals surface area contributed by atoms with Gasteiger partial charge in [0, 0.05) is 0 Å². The average molecular weight is 268 g/mol. The quantitative estimate of drug-likeness (QED) is 0.250. The van der Waals surface area contributed by atoms with Gasteiger partial charge in [-0.25, -0.2) is 0 Å². The van der Waals surface area contributed by atoms with E-state index >= 15 is 0 Å². The molecule has 0 aromatic carbocycles. The first-order valence-corrected chi connectivity index (χ1v) is 6.72. The van der Waals surface area contributed by atoms with E-state index in [0.29, 0.717) is 6.42 Å². The van der Waals surface area contributed by atoms with Crippen molar-refractivity contribution in [3.63, 3.8) is 0 Å². The fourth-order valence-corrected chi connectivity index (χ4v) is 1.59. The predicted molar refractivity (Wildman–Crippen MR) is 74.6 cm³/mol. The lowest BCUT2D eigenvalue weighted by molar-refractivity contribution is -0.161. The normalized spacial score (nSPS) is 10.0. The van der Waals surface area contributed by atoms with Gasteiger partial charge in [-0.2, -0.15) is 0 Å². The van der Waals surface area contributed by atoms with Crippen LogP contribution in [0.5, 0.6) is 0 Å². The van der Waals surface area contributed by atoms with Crippen LogP contribution < -0.4 is 0 Å². The molecule has 0 aliphatic carbocycles. The van der Waals surface area contributed by atoms with Crippen LogP contribution in [0.1, 0.15) is 39.0 Å². The Hall–Kier alpha value is -1.58. The number of ether oxygens (including phenoxy) is 2. The van der Waals surface area contributed by atoms with Crippen LogP contribution in [0.3, 0.4) is 0 Å². The maximum Gasteiger partial charge on any atom is 0.320 e. The van der Waals surface area contributed by atoms with E-state index in [2.05, 4.69) is 20.1 Å². The minimum Gasteiger partial charge on any atom is -0.461 e. The number of hydrogen-bond donors (Lipinski definition) is 0. The SMILES string of the molecule is C=CCOC(=O)C(CCCCCC)C(=O)OCC=C. The van der Waals surface area contributed by atoms with Gasteiger partial charge in [0.15, 0.2) is 5.92 Å². The van der Waals surface area contributed by atoms with Gasteiger partial charge in [-0.05, 0) is 6.42 Å². The monoisotopic (exact) mass is 268 g/mol. The third-order valence-corrected chi connectivity index (χ3v) is 2.60. The summed E-state index contributed by atoms with van der Waals surface area (Å²) in [5.41, 5.74) is 0. The number of hydrogen-bond acceptors (Lipinski definition) is 4. The van der Waals surface area contributed by atoms with Gasteiger partial charge in [-0.3, -0.25) is 9.59 Å². The summed E-state index contributed by atoms with van der Waals surface area (Å²) in [6.45, 7) is 9.26. The Morgan fingerprint density at radius 3 is 1.95 bits per heavy atom. The molecule has 0 N–H and O–H groups in total. The molecule has 0 unspecified atom stereocenters. The topological polar surface area (TPSA) is 52.6 Å². The number of carbonyl (C=O) groups excluding carboxylic acids is 2. The molecular formula is C15H24O4. The molecule has 0 bridgehead atoms. The zero-order valence-corrected chi connectivity index (χ0v) is 11.7. The minimum absolute atomic E-state index is 0.110. The van der Waals surface area contributed by atoms with E-state index in [1.54, 1.807) is 0 Å². The van der Waals surface area contributed by atoms with Gasteiger partial charge in [-0.1, -0.05) is 57.9 Å². The van der Waals surface area contributed by atoms with Gasteiger partial charge in [0.1, 0.15) is 13.2 Å². The molecule has 0 aliphatic heterocycles. The van der Waals surface area contributed by atoms with Crippen molar-refractivity contribution in [2.45, 2.75) is 39.0 Å². The van der Waals surface area contributed by atoms with Crippen molar-refractivity contribution in [1.82, 2.24) is 0 Å². The van der Waals surface area contributed by atoms with Gasteiger partial charge in [0.05, 0.1) is 0 Å². The molecule has 0 saturated heterocycles. The highest BCUT2D eigenvalue weighted by atomic mass is 16.6. The van der Waals surface area contributed by atoms with Crippen molar-refractivity contribution in [3.05, 3.63) is 25.3 Å². The third kappa shape index (κ3) is 8.19. The lowest BCUT2D eigenvalue weighted by atomic mass is 10.0. The lowest BCUT2D eigenvalue weighted by Crippen LogP contribution is -2.28. The van der Waals surface area contributed by atoms with Crippen LogP contribution in [-0.4, -0.2) is 25.2 Å². The Balaban J connectivity index is 4.35. The van der Waals surface area contributed by atoms with Gasteiger partial charge >= 0.3 is 11.9 Å². The van der Waals surface area contributed by atoms with Crippen molar-refractivity contribution in [2.75, 3.05) is 13.2 Å². The van der Waals surface area contributed by atoms with Crippen LogP contribution in [0.4, 0.5) is 0 Å². The van der Waals surface area contributed by atoms with Gasteiger partial charge in [-0.15, -0.1) is 0 Å². The summed E-state index contributed by atoms with van der Waals surface area (Å²) in [4.78, 5) is 23.5. The van der Waals surface area contributed by atoms with Crippen molar-refractivity contribution in [2.24, 2.45) is 5.92 Å². The smallest absolute Gasteiger partial charge is 0.320 e. The van der Waals surface area contributed by atoms with E-state index in [1.807, 2.05) is 0 Å². The van der Waals surface area contributed by atoms with Crippen LogP contribution in [-0.2, 0) is 19.1 Å². The summed E-state index contributed by atoms with van der Waals surface area (Å²) < 4.78 is 9.86. The fraction of sp³-hybridized carbons (Fsp3) is 0.600. The zero-order valence-electron chi connectivity index (χ0n) is 11.7. The summed E-state index contributed by atoms with van der Waals surface area (Å²) in [5.74, 6) is -1.91. The van der Waals surface area contributed by atoms with Crippen LogP contribution in [0.15, 0.2) is 25.3 Å². The summed E-state index contributed by atoms with van der Waals surface area (Å²) in [6.07, 6.45) is 7.41. The molecule has 19 heavy (non-hydrogen) atoms. The number of rotatable bonds is 11. The molecule has 0 rings (SSSR count). The molecule has 0 aromatic heterocycles. The van der Waals surface area contributed by atoms with Crippen LogP contribution in [0.25, 0.3) is 0 Å². The molecular weight excluding hydrogens is 244 g/mol. The summed E-state index contributed by atoms with van der Waals surface area (Å²) in [6, 6.07) is 0. The largest absolute Gasteiger partial charge is 0.461 e. The summed E-state index contributed by atoms with van der Waals surface area (Å²) in [7, 11) is 0. The Bertz CT molecular complexity index is 273. The molecule has 0 aromatic rings. The first-order chi connectivity index (χ1) is 9.17. The van der Waals surface area contributed by atoms with Crippen molar-refractivity contribution < 1.29 is 19.1 Å². The van der Waals surface area contributed by atoms with E-state index in [0.717, 1.165) is 25.7 Å². The summed E-state index contributed by atoms with van der Waals surface area (Å²) >= 11 is 0. The molecule has 108 valence electrons. The number of unbranched alkanes of at least 4 members (excludes halogenated alkanes) is 3. The van der Waals surface area contributed by atoms with E-state index in [4.69, 9.17) is 9.47 Å². The molecule has 4 nitrogen and oxygen atoms in total. The molecule has 0 aliphatic rings. The Morgan fingerprint density at radius 2 is 1.53 bits per heavy atom. The minimum atomic E-state index is -0.836. The van der Waals surface area contributed by atoms with Gasteiger partial charge < -0.3 is 9.47 Å². The van der Waals surface area contributed by atoms with Crippen molar-refractivity contribution in [3.8, 4) is 0 Å². The van der Waals surface area contributed by atoms with Crippen LogP contribution in [0.2, 0.25) is 0 Å². The van der Waals surface area contributed by atoms with Crippen LogP contribution >= 0.6 is 0 Å². The molecule has 0 heterocycles. The average Bonchev–Trinajstić information content (AvgIpc) is 2.42. The van der Waals surface area contributed by atoms with E-state index in [9.17, 15) is 9.59 Å². The highest BCUT2D eigenvalue weighted by Gasteiger charge is 2.28. The first-order valence-electron chi connectivity index (χ1n) is 6.72. The fourth-order valence-electron chi connectivity index (χ4n) is 1.59. The van der Waals surface area contributed by atoms with Gasteiger partial charge in [0.2, 0.25) is 0 Å². The van der Waals surface area contributed by atoms with Crippen LogP contribution in [0, 0.1) is 5.92 Å². The van der Waals surface area contributed by atoms with Crippen molar-refractivity contribution >= 4 is 11.9 Å². The molecule has 0 fully saturated rings. The Morgan fingerprint density at radius 1 is 1.00 bits per heavy atom. The lowest BCUT2D eigenvalue weighted by Gasteiger charge is -2.14. The van der Waals surface area contributed by atoms with E-state index < -0.39 is 17.9 Å². The second-order valence-electron chi connectivity index (χ2n) is 4.24. The van der Waals surface area contributed by atoms with Gasteiger partial charge in [0.25, 0.3) is 0 Å². The maximum absolute atomic E-state index is 11.8. The second-order valence-corrected chi connectivity index (χ2v) is 4.24. The molecule has 0 saturated carbocycles. The predicted octanol–water partition coefficient (Wildman–Crippen LogP) is 3.03. The standard InChI is InChI=1S/C15H24O4/c1-4-7-8-9-10-13(14(16)18-11-5-2)15(17)19-12-6-3/h5-6,13H,2-4,7-12H2,1H3. The molecule has 0 atom stereocenters. The highest BCUT2D eigenvalue weighted by molar-refractivity contribution is 5.94. The third-order valence-electron chi connectivity index (χ3n) is 2.60. The number of esters is 2. The maximum atomic E-state index is 11.8. The zero-order chi connectivity index (χ0) is 14.5. The molecule has 0 spiro atoms. The van der Waals surface area contributed by atoms with Crippen molar-refractivity contribution in [1.29, 1.82) is 0 Å². The number of carbonyl (C=O) groups is 2.